The van der Waals surface area contributed by atoms with E-state index in [4.69, 9.17) is 9.47 Å². The van der Waals surface area contributed by atoms with E-state index in [9.17, 15) is 14.0 Å². The van der Waals surface area contributed by atoms with Crippen molar-refractivity contribution in [1.29, 1.82) is 0 Å². The average Bonchev–Trinajstić information content (AvgIpc) is 2.66. The van der Waals surface area contributed by atoms with E-state index in [0.29, 0.717) is 29.2 Å². The lowest BCUT2D eigenvalue weighted by atomic mass is 10.1. The Labute approximate surface area is 151 Å². The molecule has 0 saturated heterocycles. The summed E-state index contributed by atoms with van der Waals surface area (Å²) in [5, 5.41) is 0. The minimum atomic E-state index is -0.495. The van der Waals surface area contributed by atoms with E-state index in [1.54, 1.807) is 30.3 Å². The highest BCUT2D eigenvalue weighted by Gasteiger charge is 2.12. The molecule has 2 aromatic carbocycles. The minimum absolute atomic E-state index is 0.0494. The Morgan fingerprint density at radius 3 is 2.54 bits per heavy atom. The number of nitrogens with one attached hydrogen (secondary N) is 2. The number of ether oxygens (including phenoxy) is 2. The number of hydrogen-bond donors (Lipinski definition) is 2. The summed E-state index contributed by atoms with van der Waals surface area (Å²) in [6, 6.07) is 11.0. The Bertz CT molecular complexity index is 780. The van der Waals surface area contributed by atoms with E-state index in [1.807, 2.05) is 6.92 Å². The van der Waals surface area contributed by atoms with Crippen molar-refractivity contribution >= 4 is 11.8 Å². The van der Waals surface area contributed by atoms with Crippen LogP contribution in [0.2, 0.25) is 0 Å². The lowest BCUT2D eigenvalue weighted by Crippen LogP contribution is -2.41. The Morgan fingerprint density at radius 1 is 1.08 bits per heavy atom. The molecule has 2 N–H and O–H groups in total. The Hall–Kier alpha value is -3.09. The second kappa shape index (κ2) is 9.41. The Kier molecular flexibility index (Phi) is 6.96. The van der Waals surface area contributed by atoms with Crippen molar-refractivity contribution in [3.63, 3.8) is 0 Å². The van der Waals surface area contributed by atoms with Gasteiger partial charge >= 0.3 is 0 Å². The van der Waals surface area contributed by atoms with Crippen molar-refractivity contribution in [2.45, 2.75) is 19.8 Å². The van der Waals surface area contributed by atoms with Crippen LogP contribution >= 0.6 is 0 Å². The molecule has 0 aliphatic carbocycles. The number of amides is 2. The van der Waals surface area contributed by atoms with Gasteiger partial charge in [0.2, 0.25) is 5.91 Å². The number of rotatable bonds is 7. The summed E-state index contributed by atoms with van der Waals surface area (Å²) < 4.78 is 24.1. The summed E-state index contributed by atoms with van der Waals surface area (Å²) >= 11 is 0. The molecule has 2 amide bonds. The third-order valence-corrected chi connectivity index (χ3v) is 3.62. The van der Waals surface area contributed by atoms with E-state index >= 15 is 0 Å². The number of carbonyl (C=O) groups is 2. The van der Waals surface area contributed by atoms with E-state index in [1.165, 1.54) is 19.2 Å². The first-order valence-corrected chi connectivity index (χ1v) is 8.18. The highest BCUT2D eigenvalue weighted by atomic mass is 19.1. The average molecular weight is 360 g/mol. The van der Waals surface area contributed by atoms with Crippen LogP contribution in [0.1, 0.15) is 29.3 Å². The van der Waals surface area contributed by atoms with Gasteiger partial charge in [-0.2, -0.15) is 0 Å². The van der Waals surface area contributed by atoms with Crippen molar-refractivity contribution < 1.29 is 23.5 Å². The highest BCUT2D eigenvalue weighted by molar-refractivity contribution is 5.96. The number of halogens is 1. The number of carbonyl (C=O) groups excluding carboxylic acids is 2. The van der Waals surface area contributed by atoms with Gasteiger partial charge in [0.1, 0.15) is 5.82 Å². The monoisotopic (exact) mass is 360 g/mol. The largest absolute Gasteiger partial charge is 0.493 e. The van der Waals surface area contributed by atoms with E-state index in [2.05, 4.69) is 10.9 Å². The molecule has 0 aliphatic heterocycles. The zero-order valence-corrected chi connectivity index (χ0v) is 14.7. The highest BCUT2D eigenvalue weighted by Crippen LogP contribution is 2.27. The first-order chi connectivity index (χ1) is 12.5. The fourth-order valence-corrected chi connectivity index (χ4v) is 2.29. The maximum absolute atomic E-state index is 13.5. The van der Waals surface area contributed by atoms with Crippen molar-refractivity contribution in [2.75, 3.05) is 13.7 Å². The van der Waals surface area contributed by atoms with Gasteiger partial charge in [0.15, 0.2) is 11.5 Å². The van der Waals surface area contributed by atoms with Crippen LogP contribution in [-0.2, 0) is 11.2 Å². The molecule has 0 aromatic heterocycles. The molecule has 2 rings (SSSR count). The molecule has 0 heterocycles. The van der Waals surface area contributed by atoms with Crippen LogP contribution in [0, 0.1) is 5.82 Å². The molecule has 2 aromatic rings. The van der Waals surface area contributed by atoms with E-state index in [-0.39, 0.29) is 18.7 Å². The normalized spacial score (nSPS) is 10.1. The number of benzene rings is 2. The molecular weight excluding hydrogens is 339 g/mol. The molecule has 26 heavy (non-hydrogen) atoms. The van der Waals surface area contributed by atoms with E-state index < -0.39 is 11.8 Å². The zero-order chi connectivity index (χ0) is 18.9. The first-order valence-electron chi connectivity index (χ1n) is 8.18. The van der Waals surface area contributed by atoms with Crippen LogP contribution in [-0.4, -0.2) is 25.5 Å². The minimum Gasteiger partial charge on any atom is -0.493 e. The maximum Gasteiger partial charge on any atom is 0.269 e. The summed E-state index contributed by atoms with van der Waals surface area (Å²) in [5.74, 6) is -0.318. The quantitative estimate of drug-likeness (QED) is 0.744. The molecule has 138 valence electrons. The smallest absolute Gasteiger partial charge is 0.269 e. The number of hydrazine groups is 1. The predicted molar refractivity (Wildman–Crippen MR) is 94.5 cm³/mol. The molecule has 7 heteroatoms. The van der Waals surface area contributed by atoms with Gasteiger partial charge in [-0.05, 0) is 43.2 Å². The topological polar surface area (TPSA) is 76.7 Å². The summed E-state index contributed by atoms with van der Waals surface area (Å²) in [6.07, 6.45) is 0.291. The fourth-order valence-electron chi connectivity index (χ4n) is 2.29. The second-order valence-electron chi connectivity index (χ2n) is 5.39. The van der Waals surface area contributed by atoms with Gasteiger partial charge in [-0.1, -0.05) is 18.2 Å². The molecule has 0 atom stereocenters. The third kappa shape index (κ3) is 5.20. The lowest BCUT2D eigenvalue weighted by Gasteiger charge is -2.11. The third-order valence-electron chi connectivity index (χ3n) is 3.62. The van der Waals surface area contributed by atoms with E-state index in [0.717, 1.165) is 0 Å². The molecule has 0 saturated carbocycles. The summed E-state index contributed by atoms with van der Waals surface area (Å²) in [7, 11) is 1.48. The van der Waals surface area contributed by atoms with Crippen LogP contribution < -0.4 is 20.3 Å². The van der Waals surface area contributed by atoms with Crippen LogP contribution in [0.25, 0.3) is 0 Å². The van der Waals surface area contributed by atoms with Crippen molar-refractivity contribution in [3.8, 4) is 11.5 Å². The van der Waals surface area contributed by atoms with Crippen LogP contribution in [0.15, 0.2) is 42.5 Å². The Balaban J connectivity index is 1.87. The molecule has 0 spiro atoms. The number of hydrogen-bond acceptors (Lipinski definition) is 4. The van der Waals surface area contributed by atoms with Gasteiger partial charge in [-0.15, -0.1) is 0 Å². The van der Waals surface area contributed by atoms with Crippen molar-refractivity contribution in [2.24, 2.45) is 0 Å². The van der Waals surface area contributed by atoms with Gasteiger partial charge in [0, 0.05) is 12.0 Å². The molecule has 0 bridgehead atoms. The molecular formula is C19H21FN2O4. The molecule has 0 radical (unpaired) electrons. The molecule has 6 nitrogen and oxygen atoms in total. The van der Waals surface area contributed by atoms with Crippen molar-refractivity contribution in [3.05, 3.63) is 59.4 Å². The number of aryl methyl sites for hydroxylation is 1. The van der Waals surface area contributed by atoms with Crippen LogP contribution in [0.3, 0.4) is 0 Å². The maximum atomic E-state index is 13.5. The van der Waals surface area contributed by atoms with Gasteiger partial charge in [-0.25, -0.2) is 4.39 Å². The summed E-state index contributed by atoms with van der Waals surface area (Å²) in [6.45, 7) is 2.32. The number of methoxy groups -OCH3 is 1. The molecule has 0 fully saturated rings. The second-order valence-corrected chi connectivity index (χ2v) is 5.39. The SMILES string of the molecule is CCOc1ccc(C(=O)NNC(=O)CCc2ccccc2F)cc1OC. The molecule has 0 unspecified atom stereocenters. The predicted octanol–water partition coefficient (Wildman–Crippen LogP) is 2.63. The standard InChI is InChI=1S/C19H21FN2O4/c1-3-26-16-10-8-14(12-17(16)25-2)19(24)22-21-18(23)11-9-13-6-4-5-7-15(13)20/h4-8,10,12H,3,9,11H2,1-2H3,(H,21,23)(H,22,24). The Morgan fingerprint density at radius 2 is 1.85 bits per heavy atom. The van der Waals surface area contributed by atoms with Gasteiger partial charge in [-0.3, -0.25) is 20.4 Å². The molecule has 0 aliphatic rings. The first kappa shape index (κ1) is 19.2. The fraction of sp³-hybridized carbons (Fsp3) is 0.263. The van der Waals surface area contributed by atoms with Gasteiger partial charge < -0.3 is 9.47 Å². The zero-order valence-electron chi connectivity index (χ0n) is 14.7. The summed E-state index contributed by atoms with van der Waals surface area (Å²) in [4.78, 5) is 24.0. The lowest BCUT2D eigenvalue weighted by molar-refractivity contribution is -0.121. The van der Waals surface area contributed by atoms with Gasteiger partial charge in [0.05, 0.1) is 13.7 Å². The van der Waals surface area contributed by atoms with Gasteiger partial charge in [0.25, 0.3) is 5.91 Å². The van der Waals surface area contributed by atoms with Crippen molar-refractivity contribution in [1.82, 2.24) is 10.9 Å². The summed E-state index contributed by atoms with van der Waals surface area (Å²) in [5.41, 5.74) is 5.39. The van der Waals surface area contributed by atoms with Crippen LogP contribution in [0.4, 0.5) is 4.39 Å². The van der Waals surface area contributed by atoms with Crippen LogP contribution in [0.5, 0.6) is 11.5 Å².